The highest BCUT2D eigenvalue weighted by Gasteiger charge is 2.20. The van der Waals surface area contributed by atoms with Crippen molar-refractivity contribution in [1.82, 2.24) is 9.78 Å². The molecule has 2 heterocycles. The summed E-state index contributed by atoms with van der Waals surface area (Å²) in [4.78, 5) is 25.5. The van der Waals surface area contributed by atoms with E-state index in [2.05, 4.69) is 10.4 Å². The van der Waals surface area contributed by atoms with Gasteiger partial charge in [-0.05, 0) is 26.3 Å². The predicted octanol–water partition coefficient (Wildman–Crippen LogP) is 3.24. The van der Waals surface area contributed by atoms with E-state index in [0.717, 1.165) is 16.2 Å². The molecule has 0 aromatic carbocycles. The van der Waals surface area contributed by atoms with E-state index in [4.69, 9.17) is 0 Å². The molecule has 2 rings (SSSR count). The number of hydrogen-bond donors (Lipinski definition) is 2. The van der Waals surface area contributed by atoms with Crippen LogP contribution in [0, 0.1) is 13.8 Å². The van der Waals surface area contributed by atoms with Crippen molar-refractivity contribution in [2.75, 3.05) is 5.32 Å². The van der Waals surface area contributed by atoms with Crippen LogP contribution in [0.2, 0.25) is 0 Å². The number of carboxylic acids is 1. The van der Waals surface area contributed by atoms with E-state index < -0.39 is 12.0 Å². The highest BCUT2D eigenvalue weighted by atomic mass is 32.1. The number of rotatable bonds is 6. The van der Waals surface area contributed by atoms with Gasteiger partial charge in [0.1, 0.15) is 6.04 Å². The lowest BCUT2D eigenvalue weighted by atomic mass is 10.2. The third-order valence-corrected chi connectivity index (χ3v) is 4.27. The molecule has 0 radical (unpaired) electrons. The Labute approximate surface area is 132 Å². The molecule has 118 valence electrons. The third-order valence-electron chi connectivity index (χ3n) is 3.30. The Morgan fingerprint density at radius 2 is 2.18 bits per heavy atom. The first-order valence-corrected chi connectivity index (χ1v) is 7.90. The van der Waals surface area contributed by atoms with E-state index in [9.17, 15) is 14.7 Å². The van der Waals surface area contributed by atoms with E-state index in [0.29, 0.717) is 17.8 Å². The lowest BCUT2D eigenvalue weighted by Gasteiger charge is -2.11. The average Bonchev–Trinajstić information content (AvgIpc) is 3.02. The molecule has 0 saturated heterocycles. The Hall–Kier alpha value is -2.15. The van der Waals surface area contributed by atoms with Crippen LogP contribution < -0.4 is 5.32 Å². The fraction of sp³-hybridized carbons (Fsp3) is 0.400. The number of aryl methyl sites for hydroxylation is 2. The van der Waals surface area contributed by atoms with Crippen LogP contribution in [0.4, 0.5) is 5.82 Å². The van der Waals surface area contributed by atoms with Crippen molar-refractivity contribution in [3.63, 3.8) is 0 Å². The van der Waals surface area contributed by atoms with Gasteiger partial charge >= 0.3 is 5.97 Å². The summed E-state index contributed by atoms with van der Waals surface area (Å²) in [5.74, 6) is -0.794. The first-order chi connectivity index (χ1) is 10.4. The summed E-state index contributed by atoms with van der Waals surface area (Å²) >= 11 is 1.56. The summed E-state index contributed by atoms with van der Waals surface area (Å²) in [6, 6.07) is 2.74. The van der Waals surface area contributed by atoms with Crippen LogP contribution in [0.1, 0.15) is 45.9 Å². The molecule has 0 fully saturated rings. The standard InChI is InChI=1S/C15H19N3O3S/c1-4-5-12(15(20)21)18-7-6-13(17-18)16-14(19)11-8-9(2)22-10(11)3/h6-8,12H,4-5H2,1-3H3,(H,20,21)(H,16,17,19). The number of nitrogens with zero attached hydrogens (tertiary/aromatic N) is 2. The Balaban J connectivity index is 2.13. The van der Waals surface area contributed by atoms with E-state index in [1.54, 1.807) is 23.6 Å². The number of carboxylic acid groups (broad SMARTS) is 1. The number of carbonyl (C=O) groups is 2. The van der Waals surface area contributed by atoms with Crippen LogP contribution in [0.3, 0.4) is 0 Å². The molecule has 2 N–H and O–H groups in total. The second-order valence-electron chi connectivity index (χ2n) is 5.10. The number of anilines is 1. The molecule has 1 amide bonds. The first-order valence-electron chi connectivity index (χ1n) is 7.08. The number of aliphatic carboxylic acids is 1. The molecule has 2 aromatic heterocycles. The zero-order valence-electron chi connectivity index (χ0n) is 12.8. The molecule has 0 bridgehead atoms. The van der Waals surface area contributed by atoms with Crippen LogP contribution in [0.5, 0.6) is 0 Å². The minimum atomic E-state index is -0.924. The van der Waals surface area contributed by atoms with E-state index in [-0.39, 0.29) is 5.91 Å². The van der Waals surface area contributed by atoms with Gasteiger partial charge in [0.2, 0.25) is 0 Å². The number of aromatic nitrogens is 2. The Bertz CT molecular complexity index is 690. The molecule has 2 aromatic rings. The predicted molar refractivity (Wildman–Crippen MR) is 85.6 cm³/mol. The van der Waals surface area contributed by atoms with Crippen molar-refractivity contribution in [2.45, 2.75) is 39.7 Å². The van der Waals surface area contributed by atoms with Crippen LogP contribution in [-0.2, 0) is 4.79 Å². The smallest absolute Gasteiger partial charge is 0.328 e. The molecular formula is C15H19N3O3S. The molecule has 1 atom stereocenters. The number of amides is 1. The minimum Gasteiger partial charge on any atom is -0.480 e. The monoisotopic (exact) mass is 321 g/mol. The van der Waals surface area contributed by atoms with Gasteiger partial charge in [0.15, 0.2) is 5.82 Å². The van der Waals surface area contributed by atoms with Crippen LogP contribution in [-0.4, -0.2) is 26.8 Å². The molecule has 0 aliphatic rings. The van der Waals surface area contributed by atoms with Crippen LogP contribution in [0.25, 0.3) is 0 Å². The molecule has 0 aliphatic carbocycles. The second kappa shape index (κ2) is 6.74. The van der Waals surface area contributed by atoms with Crippen molar-refractivity contribution in [1.29, 1.82) is 0 Å². The van der Waals surface area contributed by atoms with Gasteiger partial charge in [-0.3, -0.25) is 9.48 Å². The van der Waals surface area contributed by atoms with Gasteiger partial charge in [-0.1, -0.05) is 13.3 Å². The third kappa shape index (κ3) is 3.54. The van der Waals surface area contributed by atoms with Gasteiger partial charge in [-0.25, -0.2) is 4.79 Å². The molecule has 0 aliphatic heterocycles. The number of hydrogen-bond acceptors (Lipinski definition) is 4. The van der Waals surface area contributed by atoms with E-state index in [1.165, 1.54) is 4.68 Å². The quantitative estimate of drug-likeness (QED) is 0.855. The maximum Gasteiger partial charge on any atom is 0.328 e. The summed E-state index contributed by atoms with van der Waals surface area (Å²) < 4.78 is 1.38. The van der Waals surface area contributed by atoms with Gasteiger partial charge in [0.05, 0.1) is 5.56 Å². The van der Waals surface area contributed by atoms with Gasteiger partial charge in [0, 0.05) is 22.0 Å². The summed E-state index contributed by atoms with van der Waals surface area (Å²) in [5, 5.41) is 16.1. The topological polar surface area (TPSA) is 84.2 Å². The maximum atomic E-state index is 12.2. The molecular weight excluding hydrogens is 302 g/mol. The number of thiophene rings is 1. The molecule has 6 nitrogen and oxygen atoms in total. The van der Waals surface area contributed by atoms with Crippen molar-refractivity contribution >= 4 is 29.0 Å². The average molecular weight is 321 g/mol. The maximum absolute atomic E-state index is 12.2. The number of carbonyl (C=O) groups excluding carboxylic acids is 1. The van der Waals surface area contributed by atoms with Gasteiger partial charge < -0.3 is 10.4 Å². The summed E-state index contributed by atoms with van der Waals surface area (Å²) in [6.07, 6.45) is 2.81. The summed E-state index contributed by atoms with van der Waals surface area (Å²) in [5.41, 5.74) is 0.625. The first kappa shape index (κ1) is 16.2. The molecule has 22 heavy (non-hydrogen) atoms. The lowest BCUT2D eigenvalue weighted by Crippen LogP contribution is -2.20. The Morgan fingerprint density at radius 1 is 1.45 bits per heavy atom. The van der Waals surface area contributed by atoms with Gasteiger partial charge in [-0.2, -0.15) is 5.10 Å². The van der Waals surface area contributed by atoms with Crippen LogP contribution >= 0.6 is 11.3 Å². The fourth-order valence-corrected chi connectivity index (χ4v) is 3.18. The van der Waals surface area contributed by atoms with Crippen molar-refractivity contribution in [3.05, 3.63) is 33.6 Å². The van der Waals surface area contributed by atoms with Gasteiger partial charge in [-0.15, -0.1) is 11.3 Å². The summed E-state index contributed by atoms with van der Waals surface area (Å²) in [6.45, 7) is 5.77. The van der Waals surface area contributed by atoms with E-state index in [1.807, 2.05) is 26.8 Å². The molecule has 7 heteroatoms. The fourth-order valence-electron chi connectivity index (χ4n) is 2.26. The molecule has 0 saturated carbocycles. The van der Waals surface area contributed by atoms with Crippen molar-refractivity contribution in [2.24, 2.45) is 0 Å². The largest absolute Gasteiger partial charge is 0.480 e. The lowest BCUT2D eigenvalue weighted by molar-refractivity contribution is -0.141. The molecule has 0 spiro atoms. The highest BCUT2D eigenvalue weighted by molar-refractivity contribution is 7.12. The Morgan fingerprint density at radius 3 is 2.73 bits per heavy atom. The summed E-state index contributed by atoms with van der Waals surface area (Å²) in [7, 11) is 0. The van der Waals surface area contributed by atoms with Crippen molar-refractivity contribution < 1.29 is 14.7 Å². The zero-order valence-corrected chi connectivity index (χ0v) is 13.6. The van der Waals surface area contributed by atoms with Crippen molar-refractivity contribution in [3.8, 4) is 0 Å². The Kier molecular flexibility index (Phi) is 4.97. The van der Waals surface area contributed by atoms with E-state index >= 15 is 0 Å². The minimum absolute atomic E-state index is 0.227. The van der Waals surface area contributed by atoms with Gasteiger partial charge in [0.25, 0.3) is 5.91 Å². The van der Waals surface area contributed by atoms with Crippen LogP contribution in [0.15, 0.2) is 18.3 Å². The molecule has 1 unspecified atom stereocenters. The SMILES string of the molecule is CCCC(C(=O)O)n1ccc(NC(=O)c2cc(C)sc2C)n1. The zero-order chi connectivity index (χ0) is 16.3. The highest BCUT2D eigenvalue weighted by Crippen LogP contribution is 2.22. The number of nitrogens with one attached hydrogen (secondary N) is 1. The second-order valence-corrected chi connectivity index (χ2v) is 6.57. The normalized spacial score (nSPS) is 12.1.